The highest BCUT2D eigenvalue weighted by atomic mass is 19.3. The molecule has 0 saturated carbocycles. The van der Waals surface area contributed by atoms with Gasteiger partial charge in [0.2, 0.25) is 0 Å². The maximum Gasteiger partial charge on any atom is 0.387 e. The zero-order valence-corrected chi connectivity index (χ0v) is 15.2. The summed E-state index contributed by atoms with van der Waals surface area (Å²) in [4.78, 5) is 28.2. The Morgan fingerprint density at radius 3 is 2.04 bits per heavy atom. The lowest BCUT2D eigenvalue weighted by atomic mass is 10.1. The fraction of sp³-hybridized carbons (Fsp3) is 0.300. The van der Waals surface area contributed by atoms with Crippen LogP contribution in [0.15, 0.2) is 42.5 Å². The number of nitrogens with zero attached hydrogens (tertiary/aromatic N) is 2. The molecular weight excluding hydrogens is 373 g/mol. The molecule has 1 aliphatic heterocycles. The van der Waals surface area contributed by atoms with E-state index in [4.69, 9.17) is 0 Å². The minimum atomic E-state index is -2.97. The predicted molar refractivity (Wildman–Crippen MR) is 96.0 cm³/mol. The van der Waals surface area contributed by atoms with Gasteiger partial charge in [-0.2, -0.15) is 8.78 Å². The van der Waals surface area contributed by atoms with E-state index in [0.717, 1.165) is 0 Å². The van der Waals surface area contributed by atoms with Crippen molar-refractivity contribution in [3.05, 3.63) is 65.0 Å². The van der Waals surface area contributed by atoms with Crippen molar-refractivity contribution < 1.29 is 27.5 Å². The maximum atomic E-state index is 13.7. The highest BCUT2D eigenvalue weighted by Crippen LogP contribution is 2.19. The summed E-state index contributed by atoms with van der Waals surface area (Å²) in [6.07, 6.45) is 0. The van der Waals surface area contributed by atoms with Crippen molar-refractivity contribution in [2.24, 2.45) is 0 Å². The van der Waals surface area contributed by atoms with Crippen molar-refractivity contribution in [1.82, 2.24) is 9.80 Å². The molecule has 0 spiro atoms. The highest BCUT2D eigenvalue weighted by Gasteiger charge is 2.26. The molecule has 0 aliphatic carbocycles. The van der Waals surface area contributed by atoms with E-state index in [1.54, 1.807) is 28.9 Å². The Labute approximate surface area is 160 Å². The second kappa shape index (κ2) is 8.33. The van der Waals surface area contributed by atoms with E-state index in [1.165, 1.54) is 30.3 Å². The van der Waals surface area contributed by atoms with Crippen LogP contribution in [0.5, 0.6) is 5.75 Å². The molecule has 8 heteroatoms. The Kier molecular flexibility index (Phi) is 5.87. The topological polar surface area (TPSA) is 49.9 Å². The van der Waals surface area contributed by atoms with Gasteiger partial charge in [-0.1, -0.05) is 12.1 Å². The summed E-state index contributed by atoms with van der Waals surface area (Å²) < 4.78 is 42.7. The molecule has 2 amide bonds. The molecule has 0 radical (unpaired) electrons. The summed E-state index contributed by atoms with van der Waals surface area (Å²) in [5.41, 5.74) is 0.961. The summed E-state index contributed by atoms with van der Waals surface area (Å²) in [5, 5.41) is 0. The van der Waals surface area contributed by atoms with Crippen LogP contribution in [-0.2, 0) is 0 Å². The number of aryl methyl sites for hydroxylation is 1. The number of amides is 2. The van der Waals surface area contributed by atoms with Gasteiger partial charge in [0.15, 0.2) is 0 Å². The lowest BCUT2D eigenvalue weighted by Gasteiger charge is -2.35. The van der Waals surface area contributed by atoms with Gasteiger partial charge in [-0.15, -0.1) is 0 Å². The van der Waals surface area contributed by atoms with Crippen LogP contribution in [0.1, 0.15) is 26.3 Å². The van der Waals surface area contributed by atoms with Crippen LogP contribution < -0.4 is 4.74 Å². The normalized spacial score (nSPS) is 14.3. The standard InChI is InChI=1S/C20H19F3N2O3/c1-13-5-6-15(12-17(13)21)19(27)25-9-7-24(8-10-25)18(26)14-3-2-4-16(11-14)28-20(22)23/h2-6,11-12,20H,7-10H2,1H3. The summed E-state index contributed by atoms with van der Waals surface area (Å²) in [6.45, 7) is -0.167. The number of rotatable bonds is 4. The van der Waals surface area contributed by atoms with Crippen molar-refractivity contribution in [1.29, 1.82) is 0 Å². The fourth-order valence-corrected chi connectivity index (χ4v) is 3.01. The Hall–Kier alpha value is -3.03. The molecular formula is C20H19F3N2O3. The summed E-state index contributed by atoms with van der Waals surface area (Å²) in [6, 6.07) is 9.94. The van der Waals surface area contributed by atoms with E-state index < -0.39 is 12.4 Å². The smallest absolute Gasteiger partial charge is 0.387 e. The van der Waals surface area contributed by atoms with Gasteiger partial charge in [0, 0.05) is 37.3 Å². The van der Waals surface area contributed by atoms with E-state index in [1.807, 2.05) is 0 Å². The molecule has 1 fully saturated rings. The largest absolute Gasteiger partial charge is 0.435 e. The van der Waals surface area contributed by atoms with E-state index in [2.05, 4.69) is 4.74 Å². The second-order valence-electron chi connectivity index (χ2n) is 6.45. The molecule has 1 aliphatic rings. The molecule has 0 unspecified atom stereocenters. The van der Waals surface area contributed by atoms with Crippen molar-refractivity contribution in [3.63, 3.8) is 0 Å². The number of carbonyl (C=O) groups is 2. The molecule has 0 bridgehead atoms. The molecule has 2 aromatic rings. The van der Waals surface area contributed by atoms with Gasteiger partial charge in [-0.05, 0) is 42.8 Å². The Morgan fingerprint density at radius 2 is 1.50 bits per heavy atom. The van der Waals surface area contributed by atoms with E-state index in [0.29, 0.717) is 31.7 Å². The lowest BCUT2D eigenvalue weighted by Crippen LogP contribution is -2.50. The van der Waals surface area contributed by atoms with Crippen molar-refractivity contribution >= 4 is 11.8 Å². The van der Waals surface area contributed by atoms with Gasteiger partial charge in [0.25, 0.3) is 11.8 Å². The van der Waals surface area contributed by atoms with Crippen LogP contribution in [0.2, 0.25) is 0 Å². The molecule has 1 saturated heterocycles. The highest BCUT2D eigenvalue weighted by molar-refractivity contribution is 5.96. The Morgan fingerprint density at radius 1 is 0.929 bits per heavy atom. The zero-order valence-electron chi connectivity index (χ0n) is 15.2. The Balaban J connectivity index is 1.62. The first kappa shape index (κ1) is 19.7. The van der Waals surface area contributed by atoms with Gasteiger partial charge in [-0.25, -0.2) is 4.39 Å². The second-order valence-corrected chi connectivity index (χ2v) is 6.45. The van der Waals surface area contributed by atoms with Crippen molar-refractivity contribution in [2.45, 2.75) is 13.5 Å². The number of alkyl halides is 2. The van der Waals surface area contributed by atoms with E-state index in [-0.39, 0.29) is 28.7 Å². The van der Waals surface area contributed by atoms with Crippen LogP contribution >= 0.6 is 0 Å². The van der Waals surface area contributed by atoms with Gasteiger partial charge < -0.3 is 14.5 Å². The number of benzene rings is 2. The van der Waals surface area contributed by atoms with Crippen LogP contribution in [0.25, 0.3) is 0 Å². The number of hydrogen-bond donors (Lipinski definition) is 0. The summed E-state index contributed by atoms with van der Waals surface area (Å²) in [7, 11) is 0. The fourth-order valence-electron chi connectivity index (χ4n) is 3.01. The maximum absolute atomic E-state index is 13.7. The minimum Gasteiger partial charge on any atom is -0.435 e. The van der Waals surface area contributed by atoms with Crippen LogP contribution in [0, 0.1) is 12.7 Å². The zero-order chi connectivity index (χ0) is 20.3. The average molecular weight is 392 g/mol. The molecule has 0 atom stereocenters. The monoisotopic (exact) mass is 392 g/mol. The van der Waals surface area contributed by atoms with Crippen molar-refractivity contribution in [2.75, 3.05) is 26.2 Å². The van der Waals surface area contributed by atoms with Crippen LogP contribution in [-0.4, -0.2) is 54.4 Å². The van der Waals surface area contributed by atoms with E-state index in [9.17, 15) is 22.8 Å². The number of hydrogen-bond acceptors (Lipinski definition) is 3. The van der Waals surface area contributed by atoms with E-state index >= 15 is 0 Å². The first-order chi connectivity index (χ1) is 13.3. The quantitative estimate of drug-likeness (QED) is 0.802. The number of piperazine rings is 1. The molecule has 2 aromatic carbocycles. The SMILES string of the molecule is Cc1ccc(C(=O)N2CCN(C(=O)c3cccc(OC(F)F)c3)CC2)cc1F. The Bertz CT molecular complexity index is 881. The van der Waals surface area contributed by atoms with Crippen molar-refractivity contribution in [3.8, 4) is 5.75 Å². The third kappa shape index (κ3) is 4.44. The van der Waals surface area contributed by atoms with Gasteiger partial charge in [0.05, 0.1) is 0 Å². The van der Waals surface area contributed by atoms with Gasteiger partial charge >= 0.3 is 6.61 Å². The average Bonchev–Trinajstić information content (AvgIpc) is 2.69. The first-order valence-electron chi connectivity index (χ1n) is 8.75. The predicted octanol–water partition coefficient (Wildman–Crippen LogP) is 3.33. The molecule has 0 N–H and O–H groups in total. The van der Waals surface area contributed by atoms with Gasteiger partial charge in [0.1, 0.15) is 11.6 Å². The first-order valence-corrected chi connectivity index (χ1v) is 8.75. The summed E-state index contributed by atoms with van der Waals surface area (Å²) >= 11 is 0. The molecule has 1 heterocycles. The third-order valence-electron chi connectivity index (χ3n) is 4.58. The molecule has 28 heavy (non-hydrogen) atoms. The number of halogens is 3. The van der Waals surface area contributed by atoms with Gasteiger partial charge in [-0.3, -0.25) is 9.59 Å². The number of carbonyl (C=O) groups excluding carboxylic acids is 2. The molecule has 148 valence electrons. The molecule has 5 nitrogen and oxygen atoms in total. The van der Waals surface area contributed by atoms with Crippen LogP contribution in [0.3, 0.4) is 0 Å². The summed E-state index contributed by atoms with van der Waals surface area (Å²) in [5.74, 6) is -1.15. The third-order valence-corrected chi connectivity index (χ3v) is 4.58. The number of ether oxygens (including phenoxy) is 1. The minimum absolute atomic E-state index is 0.0870. The van der Waals surface area contributed by atoms with Crippen LogP contribution in [0.4, 0.5) is 13.2 Å². The molecule has 3 rings (SSSR count). The lowest BCUT2D eigenvalue weighted by molar-refractivity contribution is -0.0499. The molecule has 0 aromatic heterocycles.